The van der Waals surface area contributed by atoms with E-state index in [-0.39, 0.29) is 5.75 Å². The van der Waals surface area contributed by atoms with Gasteiger partial charge in [-0.15, -0.1) is 0 Å². The Morgan fingerprint density at radius 3 is 2.82 bits per heavy atom. The van der Waals surface area contributed by atoms with E-state index in [0.717, 1.165) is 5.56 Å². The van der Waals surface area contributed by atoms with Gasteiger partial charge in [-0.1, -0.05) is 12.1 Å². The molecule has 0 saturated carbocycles. The van der Waals surface area contributed by atoms with Crippen molar-refractivity contribution in [1.29, 1.82) is 0 Å². The zero-order valence-electron chi connectivity index (χ0n) is 9.34. The van der Waals surface area contributed by atoms with Crippen molar-refractivity contribution >= 4 is 0 Å². The number of phenolic OH excluding ortho intramolecular Hbond substituents is 1. The van der Waals surface area contributed by atoms with Gasteiger partial charge in [0.05, 0.1) is 6.26 Å². The highest BCUT2D eigenvalue weighted by Gasteiger charge is 2.09. The molecule has 1 aromatic heterocycles. The molecule has 0 aliphatic heterocycles. The van der Waals surface area contributed by atoms with Crippen LogP contribution in [0, 0.1) is 0 Å². The Morgan fingerprint density at radius 2 is 2.12 bits per heavy atom. The van der Waals surface area contributed by atoms with Gasteiger partial charge >= 0.3 is 0 Å². The molecule has 4 heteroatoms. The number of nitrogens with one attached hydrogen (secondary N) is 1. The maximum absolute atomic E-state index is 9.74. The zero-order valence-corrected chi connectivity index (χ0v) is 9.34. The molecule has 3 N–H and O–H groups in total. The van der Waals surface area contributed by atoms with Gasteiger partial charge in [0.1, 0.15) is 17.6 Å². The first-order chi connectivity index (χ1) is 8.25. The van der Waals surface area contributed by atoms with E-state index in [1.54, 1.807) is 30.3 Å². The summed E-state index contributed by atoms with van der Waals surface area (Å²) in [7, 11) is 0. The monoisotopic (exact) mass is 233 g/mol. The molecule has 1 heterocycles. The lowest BCUT2D eigenvalue weighted by Crippen LogP contribution is -2.20. The number of aliphatic hydroxyl groups excluding tert-OH is 1. The number of phenols is 1. The summed E-state index contributed by atoms with van der Waals surface area (Å²) in [6.45, 7) is 0.995. The number of benzene rings is 1. The Bertz CT molecular complexity index is 453. The maximum atomic E-state index is 9.74. The second kappa shape index (κ2) is 5.52. The van der Waals surface area contributed by atoms with Crippen LogP contribution in [-0.4, -0.2) is 16.8 Å². The molecular weight excluding hydrogens is 218 g/mol. The van der Waals surface area contributed by atoms with E-state index >= 15 is 0 Å². The van der Waals surface area contributed by atoms with Crippen molar-refractivity contribution < 1.29 is 14.6 Å². The smallest absolute Gasteiger partial charge is 0.133 e. The maximum Gasteiger partial charge on any atom is 0.133 e. The first-order valence-electron chi connectivity index (χ1n) is 5.46. The quantitative estimate of drug-likeness (QED) is 0.737. The minimum atomic E-state index is -0.651. The molecule has 17 heavy (non-hydrogen) atoms. The average Bonchev–Trinajstić information content (AvgIpc) is 2.82. The minimum absolute atomic E-state index is 0.246. The number of rotatable bonds is 5. The number of aliphatic hydroxyl groups is 1. The molecule has 2 aromatic rings. The Hall–Kier alpha value is -1.78. The molecule has 0 fully saturated rings. The summed E-state index contributed by atoms with van der Waals surface area (Å²) in [4.78, 5) is 0. The van der Waals surface area contributed by atoms with Gasteiger partial charge in [-0.2, -0.15) is 0 Å². The molecule has 0 saturated heterocycles. The topological polar surface area (TPSA) is 65.6 Å². The van der Waals surface area contributed by atoms with Gasteiger partial charge in [0.25, 0.3) is 0 Å². The van der Waals surface area contributed by atoms with Crippen molar-refractivity contribution in [3.05, 3.63) is 54.0 Å². The minimum Gasteiger partial charge on any atom is -0.508 e. The van der Waals surface area contributed by atoms with Crippen LogP contribution in [0.2, 0.25) is 0 Å². The molecule has 0 amide bonds. The largest absolute Gasteiger partial charge is 0.508 e. The van der Waals surface area contributed by atoms with Crippen molar-refractivity contribution in [2.75, 3.05) is 6.54 Å². The van der Waals surface area contributed by atoms with Crippen LogP contribution in [0.25, 0.3) is 0 Å². The summed E-state index contributed by atoms with van der Waals surface area (Å²) in [5.74, 6) is 0.796. The van der Waals surface area contributed by atoms with Crippen LogP contribution in [-0.2, 0) is 6.54 Å². The molecule has 1 aromatic carbocycles. The molecule has 1 atom stereocenters. The third kappa shape index (κ3) is 3.34. The summed E-state index contributed by atoms with van der Waals surface area (Å²) in [5, 5.41) is 22.1. The number of hydrogen-bond acceptors (Lipinski definition) is 4. The van der Waals surface area contributed by atoms with Gasteiger partial charge < -0.3 is 19.9 Å². The number of furan rings is 1. The fourth-order valence-electron chi connectivity index (χ4n) is 1.60. The Morgan fingerprint density at radius 1 is 1.24 bits per heavy atom. The highest BCUT2D eigenvalue weighted by molar-refractivity contribution is 5.26. The van der Waals surface area contributed by atoms with Crippen LogP contribution in [0.4, 0.5) is 0 Å². The van der Waals surface area contributed by atoms with Gasteiger partial charge in [0.15, 0.2) is 0 Å². The van der Waals surface area contributed by atoms with Gasteiger partial charge in [-0.05, 0) is 29.8 Å². The van der Waals surface area contributed by atoms with E-state index in [4.69, 9.17) is 4.42 Å². The highest BCUT2D eigenvalue weighted by Crippen LogP contribution is 2.13. The van der Waals surface area contributed by atoms with Crippen molar-refractivity contribution in [2.45, 2.75) is 12.6 Å². The zero-order chi connectivity index (χ0) is 12.1. The van der Waals surface area contributed by atoms with Crippen molar-refractivity contribution in [1.82, 2.24) is 5.32 Å². The van der Waals surface area contributed by atoms with Crippen LogP contribution in [0.15, 0.2) is 47.1 Å². The molecule has 0 bridgehead atoms. The third-order valence-electron chi connectivity index (χ3n) is 2.45. The second-order valence-electron chi connectivity index (χ2n) is 3.83. The normalized spacial score (nSPS) is 12.5. The molecular formula is C13H15NO3. The van der Waals surface area contributed by atoms with E-state index in [1.165, 1.54) is 6.26 Å². The summed E-state index contributed by atoms with van der Waals surface area (Å²) >= 11 is 0. The van der Waals surface area contributed by atoms with E-state index in [1.807, 2.05) is 6.07 Å². The van der Waals surface area contributed by atoms with Crippen molar-refractivity contribution in [2.24, 2.45) is 0 Å². The molecule has 2 rings (SSSR count). The van der Waals surface area contributed by atoms with Crippen LogP contribution < -0.4 is 5.32 Å². The Labute approximate surface area is 99.5 Å². The standard InChI is InChI=1S/C13H15NO3/c15-11-4-1-3-10(7-11)8-14-9-12(16)13-5-2-6-17-13/h1-7,12,14-16H,8-9H2. The molecule has 1 unspecified atom stereocenters. The van der Waals surface area contributed by atoms with Gasteiger partial charge in [0.2, 0.25) is 0 Å². The van der Waals surface area contributed by atoms with E-state index in [2.05, 4.69) is 5.32 Å². The van der Waals surface area contributed by atoms with Crippen molar-refractivity contribution in [3.8, 4) is 5.75 Å². The van der Waals surface area contributed by atoms with E-state index in [9.17, 15) is 10.2 Å². The van der Waals surface area contributed by atoms with Crippen LogP contribution in [0.5, 0.6) is 5.75 Å². The number of aromatic hydroxyl groups is 1. The fourth-order valence-corrected chi connectivity index (χ4v) is 1.60. The first-order valence-corrected chi connectivity index (χ1v) is 5.46. The molecule has 0 aliphatic carbocycles. The van der Waals surface area contributed by atoms with E-state index < -0.39 is 6.10 Å². The van der Waals surface area contributed by atoms with Gasteiger partial charge in [-0.3, -0.25) is 0 Å². The van der Waals surface area contributed by atoms with E-state index in [0.29, 0.717) is 18.8 Å². The summed E-state index contributed by atoms with van der Waals surface area (Å²) in [6, 6.07) is 10.5. The van der Waals surface area contributed by atoms with Crippen molar-refractivity contribution in [3.63, 3.8) is 0 Å². The van der Waals surface area contributed by atoms with Crippen LogP contribution in [0.1, 0.15) is 17.4 Å². The third-order valence-corrected chi connectivity index (χ3v) is 2.45. The average molecular weight is 233 g/mol. The molecule has 0 spiro atoms. The fraction of sp³-hybridized carbons (Fsp3) is 0.231. The second-order valence-corrected chi connectivity index (χ2v) is 3.83. The molecule has 4 nitrogen and oxygen atoms in total. The summed E-state index contributed by atoms with van der Waals surface area (Å²) < 4.78 is 5.09. The lowest BCUT2D eigenvalue weighted by Gasteiger charge is -2.09. The molecule has 90 valence electrons. The summed E-state index contributed by atoms with van der Waals surface area (Å²) in [5.41, 5.74) is 0.969. The van der Waals surface area contributed by atoms with Crippen LogP contribution >= 0.6 is 0 Å². The van der Waals surface area contributed by atoms with Crippen LogP contribution in [0.3, 0.4) is 0 Å². The highest BCUT2D eigenvalue weighted by atomic mass is 16.4. The molecule has 0 radical (unpaired) electrons. The number of hydrogen-bond donors (Lipinski definition) is 3. The SMILES string of the molecule is Oc1cccc(CNCC(O)c2ccco2)c1. The predicted octanol–water partition coefficient (Wildman–Crippen LogP) is 1.81. The van der Waals surface area contributed by atoms with Gasteiger partial charge in [0, 0.05) is 13.1 Å². The lowest BCUT2D eigenvalue weighted by molar-refractivity contribution is 0.147. The summed E-state index contributed by atoms with van der Waals surface area (Å²) in [6.07, 6.45) is 0.885. The molecule has 0 aliphatic rings. The van der Waals surface area contributed by atoms with Gasteiger partial charge in [-0.25, -0.2) is 0 Å². The lowest BCUT2D eigenvalue weighted by atomic mass is 10.2. The Kier molecular flexibility index (Phi) is 3.80. The predicted molar refractivity (Wildman–Crippen MR) is 63.5 cm³/mol. The Balaban J connectivity index is 1.80. The first kappa shape index (κ1) is 11.7.